The Labute approximate surface area is 155 Å². The van der Waals surface area contributed by atoms with Crippen LogP contribution in [0.15, 0.2) is 15.8 Å². The van der Waals surface area contributed by atoms with Gasteiger partial charge in [-0.2, -0.15) is 13.2 Å². The van der Waals surface area contributed by atoms with E-state index in [1.54, 1.807) is 38.8 Å². The number of hydrogen-bond acceptors (Lipinski definition) is 5. The summed E-state index contributed by atoms with van der Waals surface area (Å²) in [7, 11) is -1.59. The first-order valence-corrected chi connectivity index (χ1v) is 10.9. The molecule has 1 saturated heterocycles. The van der Waals surface area contributed by atoms with E-state index in [0.717, 1.165) is 4.57 Å². The molecule has 0 amide bonds. The lowest BCUT2D eigenvalue weighted by Gasteiger charge is -2.34. The van der Waals surface area contributed by atoms with Crippen molar-refractivity contribution < 1.29 is 27.8 Å². The molecule has 0 bridgehead atoms. The highest BCUT2D eigenvalue weighted by molar-refractivity contribution is 6.58. The number of aliphatic hydroxyl groups excluding tert-OH is 1. The molecule has 0 saturated carbocycles. The molecule has 0 spiro atoms. The van der Waals surface area contributed by atoms with E-state index >= 15 is 0 Å². The third-order valence-electron chi connectivity index (χ3n) is 4.34. The van der Waals surface area contributed by atoms with Gasteiger partial charge in [-0.25, -0.2) is 4.79 Å². The smallest absolute Gasteiger partial charge is 0.394 e. The van der Waals surface area contributed by atoms with Crippen LogP contribution < -0.4 is 11.2 Å². The summed E-state index contributed by atoms with van der Waals surface area (Å²) in [6.07, 6.45) is -5.76. The Bertz CT molecular complexity index is 799. The lowest BCUT2D eigenvalue weighted by molar-refractivity contribution is -0.140. The van der Waals surface area contributed by atoms with E-state index in [1.807, 2.05) is 0 Å². The second kappa shape index (κ2) is 7.19. The van der Waals surface area contributed by atoms with Crippen molar-refractivity contribution in [2.75, 3.05) is 6.61 Å². The van der Waals surface area contributed by atoms with Crippen LogP contribution in [-0.2, 0) is 21.0 Å². The van der Waals surface area contributed by atoms with Crippen LogP contribution in [0.5, 0.6) is 0 Å². The van der Waals surface area contributed by atoms with Gasteiger partial charge in [0.1, 0.15) is 25.8 Å². The largest absolute Gasteiger partial charge is 0.423 e. The van der Waals surface area contributed by atoms with Crippen LogP contribution in [0.2, 0.25) is 13.1 Å². The van der Waals surface area contributed by atoms with Crippen LogP contribution in [0, 0.1) is 0 Å². The molecule has 27 heavy (non-hydrogen) atoms. The van der Waals surface area contributed by atoms with Crippen molar-refractivity contribution >= 4 is 8.80 Å². The molecule has 1 radical (unpaired) electrons. The summed E-state index contributed by atoms with van der Waals surface area (Å²) in [4.78, 5) is 25.7. The van der Waals surface area contributed by atoms with Crippen molar-refractivity contribution in [1.29, 1.82) is 0 Å². The van der Waals surface area contributed by atoms with Crippen molar-refractivity contribution in [1.82, 2.24) is 9.55 Å². The van der Waals surface area contributed by atoms with Crippen molar-refractivity contribution in [2.45, 2.75) is 69.6 Å². The van der Waals surface area contributed by atoms with Crippen molar-refractivity contribution in [3.8, 4) is 0 Å². The van der Waals surface area contributed by atoms with Crippen LogP contribution in [0.1, 0.15) is 32.8 Å². The van der Waals surface area contributed by atoms with Crippen molar-refractivity contribution in [2.24, 2.45) is 0 Å². The fourth-order valence-corrected chi connectivity index (χ4v) is 4.81. The molecule has 2 heterocycles. The second-order valence-electron chi connectivity index (χ2n) is 7.77. The van der Waals surface area contributed by atoms with Gasteiger partial charge in [-0.05, 0) is 20.8 Å². The van der Waals surface area contributed by atoms with Gasteiger partial charge in [-0.3, -0.25) is 14.3 Å². The van der Waals surface area contributed by atoms with Gasteiger partial charge < -0.3 is 14.6 Å². The Balaban J connectivity index is 2.62. The van der Waals surface area contributed by atoms with E-state index in [2.05, 4.69) is 0 Å². The average Bonchev–Trinajstić information content (AvgIpc) is 2.83. The molecule has 1 aliphatic rings. The molecule has 1 aromatic rings. The Kier molecular flexibility index (Phi) is 5.82. The third-order valence-corrected chi connectivity index (χ3v) is 6.47. The molecular weight excluding hydrogens is 385 g/mol. The summed E-state index contributed by atoms with van der Waals surface area (Å²) in [6, 6.07) is 0. The number of alkyl halides is 3. The number of nitrogens with one attached hydrogen (secondary N) is 1. The number of hydrogen-bond donors (Lipinski definition) is 2. The van der Waals surface area contributed by atoms with Crippen molar-refractivity contribution in [3.05, 3.63) is 32.6 Å². The molecule has 2 rings (SSSR count). The topological polar surface area (TPSA) is 93.6 Å². The quantitative estimate of drug-likeness (QED) is 0.735. The van der Waals surface area contributed by atoms with Gasteiger partial charge in [0, 0.05) is 12.6 Å². The average molecular weight is 409 g/mol. The van der Waals surface area contributed by atoms with Crippen LogP contribution in [-0.4, -0.2) is 47.9 Å². The number of rotatable bonds is 4. The molecule has 1 aliphatic heterocycles. The number of aromatic nitrogens is 2. The Morgan fingerprint density at radius 3 is 2.41 bits per heavy atom. The zero-order chi connectivity index (χ0) is 20.8. The van der Waals surface area contributed by atoms with Gasteiger partial charge in [0.05, 0.1) is 18.3 Å². The standard InChI is InChI=1S/C16H24F3N2O5Si/c1-14(2,3)25-10-6-15(27(4)5,26-11(10)8-22)21-7-9(16(17,18)19)12(23)20-13(21)24/h7,10-11,22H,6,8H2,1-5H3,(H,20,23,24)/t10-,11+,15-/m0/s1. The molecule has 0 unspecified atom stereocenters. The van der Waals surface area contributed by atoms with E-state index in [0.29, 0.717) is 6.20 Å². The second-order valence-corrected chi connectivity index (χ2v) is 10.5. The minimum Gasteiger partial charge on any atom is -0.394 e. The molecule has 1 aromatic heterocycles. The fourth-order valence-electron chi connectivity index (χ4n) is 3.16. The van der Waals surface area contributed by atoms with E-state index in [4.69, 9.17) is 9.47 Å². The van der Waals surface area contributed by atoms with E-state index in [1.165, 1.54) is 0 Å². The zero-order valence-electron chi connectivity index (χ0n) is 15.8. The highest BCUT2D eigenvalue weighted by Crippen LogP contribution is 2.40. The van der Waals surface area contributed by atoms with Crippen LogP contribution >= 0.6 is 0 Å². The number of nitrogens with zero attached hydrogens (tertiary/aromatic N) is 1. The molecule has 7 nitrogen and oxygen atoms in total. The summed E-state index contributed by atoms with van der Waals surface area (Å²) < 4.78 is 52.2. The predicted octanol–water partition coefficient (Wildman–Crippen LogP) is 1.47. The van der Waals surface area contributed by atoms with Gasteiger partial charge >= 0.3 is 11.9 Å². The minimum atomic E-state index is -4.92. The van der Waals surface area contributed by atoms with Gasteiger partial charge in [-0.1, -0.05) is 13.1 Å². The van der Waals surface area contributed by atoms with Crippen LogP contribution in [0.3, 0.4) is 0 Å². The molecular formula is C16H24F3N2O5Si. The molecule has 0 aliphatic carbocycles. The van der Waals surface area contributed by atoms with Crippen LogP contribution in [0.25, 0.3) is 0 Å². The number of aromatic amines is 1. The number of aliphatic hydroxyl groups is 1. The molecule has 0 aromatic carbocycles. The van der Waals surface area contributed by atoms with Crippen LogP contribution in [0.4, 0.5) is 13.2 Å². The normalized spacial score (nSPS) is 26.7. The molecule has 2 N–H and O–H groups in total. The Morgan fingerprint density at radius 1 is 1.37 bits per heavy atom. The van der Waals surface area contributed by atoms with Gasteiger partial charge in [0.25, 0.3) is 5.56 Å². The van der Waals surface area contributed by atoms with E-state index in [-0.39, 0.29) is 6.42 Å². The highest BCUT2D eigenvalue weighted by atomic mass is 28.3. The Hall–Kier alpha value is -1.43. The summed E-state index contributed by atoms with van der Waals surface area (Å²) in [5.41, 5.74) is -4.56. The predicted molar refractivity (Wildman–Crippen MR) is 93.0 cm³/mol. The van der Waals surface area contributed by atoms with E-state index in [9.17, 15) is 27.9 Å². The lowest BCUT2D eigenvalue weighted by Crippen LogP contribution is -2.52. The molecule has 153 valence electrons. The number of halogens is 3. The SMILES string of the molecule is C[Si](C)[C@]1(n2cc(C(F)(F)F)c(=O)[nH]c2=O)C[C@H](OC(C)(C)C)[C@@H](CO)O1. The minimum absolute atomic E-state index is 0.0834. The van der Waals surface area contributed by atoms with Gasteiger partial charge in [0.2, 0.25) is 0 Å². The molecule has 11 heteroatoms. The number of H-pyrrole nitrogens is 1. The summed E-state index contributed by atoms with van der Waals surface area (Å²) in [5.74, 6) is 0. The van der Waals surface area contributed by atoms with E-state index < -0.39 is 61.5 Å². The summed E-state index contributed by atoms with van der Waals surface area (Å²) in [6.45, 7) is 8.56. The molecule has 1 fully saturated rings. The maximum absolute atomic E-state index is 13.2. The first-order valence-electron chi connectivity index (χ1n) is 8.42. The maximum Gasteiger partial charge on any atom is 0.423 e. The Morgan fingerprint density at radius 2 is 1.96 bits per heavy atom. The van der Waals surface area contributed by atoms with Gasteiger partial charge in [-0.15, -0.1) is 0 Å². The van der Waals surface area contributed by atoms with Gasteiger partial charge in [0.15, 0.2) is 0 Å². The highest BCUT2D eigenvalue weighted by Gasteiger charge is 2.52. The van der Waals surface area contributed by atoms with Crippen molar-refractivity contribution in [3.63, 3.8) is 0 Å². The fraction of sp³-hybridized carbons (Fsp3) is 0.750. The molecule has 3 atom stereocenters. The summed E-state index contributed by atoms with van der Waals surface area (Å²) in [5, 5.41) is 8.27. The number of ether oxygens (including phenoxy) is 2. The summed E-state index contributed by atoms with van der Waals surface area (Å²) >= 11 is 0. The third kappa shape index (κ3) is 4.36. The monoisotopic (exact) mass is 409 g/mol. The maximum atomic E-state index is 13.2. The lowest BCUT2D eigenvalue weighted by atomic mass is 10.1. The first-order chi connectivity index (χ1) is 12.2. The zero-order valence-corrected chi connectivity index (χ0v) is 16.8. The first kappa shape index (κ1) is 21.9.